The highest BCUT2D eigenvalue weighted by Crippen LogP contribution is 2.25. The number of H-pyrrole nitrogens is 1. The fraction of sp³-hybridized carbons (Fsp3) is 0.188. The molecule has 0 spiro atoms. The predicted octanol–water partition coefficient (Wildman–Crippen LogP) is 3.78. The van der Waals surface area contributed by atoms with Crippen molar-refractivity contribution in [1.82, 2.24) is 20.5 Å². The van der Waals surface area contributed by atoms with Crippen molar-refractivity contribution >= 4 is 22.8 Å². The fourth-order valence-electron chi connectivity index (χ4n) is 2.34. The monoisotopic (exact) mass is 331 g/mol. The van der Waals surface area contributed by atoms with Gasteiger partial charge in [0.15, 0.2) is 0 Å². The highest BCUT2D eigenvalue weighted by molar-refractivity contribution is 5.91. The van der Waals surface area contributed by atoms with Crippen LogP contribution in [-0.2, 0) is 0 Å². The Hall–Kier alpha value is -3.03. The molecule has 0 bridgehead atoms. The average molecular weight is 331 g/mol. The Balaban J connectivity index is 1.69. The molecule has 124 valence electrons. The molecule has 24 heavy (non-hydrogen) atoms. The van der Waals surface area contributed by atoms with E-state index in [0.29, 0.717) is 5.52 Å². The van der Waals surface area contributed by atoms with E-state index in [1.807, 2.05) is 37.3 Å². The standard InChI is InChI=1S/C16H15F2N5O/c1-9(10-5-3-2-4-6-10)20-16(24)21-13-7-12-11(8-19-13)14(15(17)18)23-22-12/h2-9,15H,1H3,(H,22,23)(H2,19,20,21,24)/t9-/m1/s1. The van der Waals surface area contributed by atoms with E-state index in [0.717, 1.165) is 5.56 Å². The first-order valence-corrected chi connectivity index (χ1v) is 7.29. The molecular weight excluding hydrogens is 316 g/mol. The van der Waals surface area contributed by atoms with Gasteiger partial charge in [0.05, 0.1) is 11.6 Å². The number of nitrogens with one attached hydrogen (secondary N) is 3. The van der Waals surface area contributed by atoms with E-state index in [2.05, 4.69) is 25.8 Å². The number of urea groups is 1. The third kappa shape index (κ3) is 3.32. The highest BCUT2D eigenvalue weighted by atomic mass is 19.3. The smallest absolute Gasteiger partial charge is 0.320 e. The number of anilines is 1. The van der Waals surface area contributed by atoms with Gasteiger partial charge in [0, 0.05) is 17.6 Å². The quantitative estimate of drug-likeness (QED) is 0.680. The number of hydrogen-bond acceptors (Lipinski definition) is 3. The summed E-state index contributed by atoms with van der Waals surface area (Å²) in [5, 5.41) is 11.7. The van der Waals surface area contributed by atoms with Crippen molar-refractivity contribution in [3.8, 4) is 0 Å². The lowest BCUT2D eigenvalue weighted by Crippen LogP contribution is -2.31. The molecule has 3 rings (SSSR count). The zero-order chi connectivity index (χ0) is 17.1. The number of hydrogen-bond donors (Lipinski definition) is 3. The van der Waals surface area contributed by atoms with E-state index >= 15 is 0 Å². The fourth-order valence-corrected chi connectivity index (χ4v) is 2.34. The van der Waals surface area contributed by atoms with Crippen molar-refractivity contribution in [2.75, 3.05) is 5.32 Å². The van der Waals surface area contributed by atoms with Gasteiger partial charge < -0.3 is 5.32 Å². The summed E-state index contributed by atoms with van der Waals surface area (Å²) in [6.45, 7) is 1.86. The van der Waals surface area contributed by atoms with Crippen LogP contribution in [0.15, 0.2) is 42.6 Å². The zero-order valence-corrected chi connectivity index (χ0v) is 12.8. The summed E-state index contributed by atoms with van der Waals surface area (Å²) in [7, 11) is 0. The van der Waals surface area contributed by atoms with Gasteiger partial charge in [-0.25, -0.2) is 18.6 Å². The lowest BCUT2D eigenvalue weighted by Gasteiger charge is -2.14. The first-order chi connectivity index (χ1) is 11.5. The molecule has 0 aliphatic heterocycles. The predicted molar refractivity (Wildman–Crippen MR) is 85.9 cm³/mol. The van der Waals surface area contributed by atoms with Crippen LogP contribution in [-0.4, -0.2) is 21.2 Å². The number of carbonyl (C=O) groups is 1. The SMILES string of the molecule is C[C@@H](NC(=O)Nc1cc2[nH]nc(C(F)F)c2cn1)c1ccccc1. The zero-order valence-electron chi connectivity index (χ0n) is 12.8. The molecule has 3 aromatic rings. The largest absolute Gasteiger partial charge is 0.331 e. The maximum absolute atomic E-state index is 12.8. The van der Waals surface area contributed by atoms with E-state index < -0.39 is 12.5 Å². The van der Waals surface area contributed by atoms with E-state index in [9.17, 15) is 13.6 Å². The highest BCUT2D eigenvalue weighted by Gasteiger charge is 2.16. The molecule has 0 saturated heterocycles. The number of nitrogens with zero attached hydrogens (tertiary/aromatic N) is 2. The molecule has 0 unspecified atom stereocenters. The van der Waals surface area contributed by atoms with Crippen LogP contribution in [0, 0.1) is 0 Å². The summed E-state index contributed by atoms with van der Waals surface area (Å²) in [5.41, 5.74) is 0.990. The summed E-state index contributed by atoms with van der Waals surface area (Å²) in [6.07, 6.45) is -1.43. The Morgan fingerprint density at radius 2 is 2.00 bits per heavy atom. The normalized spacial score (nSPS) is 12.3. The van der Waals surface area contributed by atoms with Gasteiger partial charge in [-0.3, -0.25) is 10.4 Å². The van der Waals surface area contributed by atoms with Gasteiger partial charge in [-0.05, 0) is 12.5 Å². The minimum absolute atomic E-state index is 0.187. The van der Waals surface area contributed by atoms with Crippen molar-refractivity contribution in [3.63, 3.8) is 0 Å². The van der Waals surface area contributed by atoms with Gasteiger partial charge in [0.2, 0.25) is 0 Å². The van der Waals surface area contributed by atoms with Crippen LogP contribution in [0.4, 0.5) is 19.4 Å². The number of aromatic nitrogens is 3. The van der Waals surface area contributed by atoms with Crippen molar-refractivity contribution in [2.45, 2.75) is 19.4 Å². The van der Waals surface area contributed by atoms with Gasteiger partial charge in [0.25, 0.3) is 6.43 Å². The Labute approximate surface area is 136 Å². The van der Waals surface area contributed by atoms with Gasteiger partial charge in [-0.2, -0.15) is 5.10 Å². The second-order valence-corrected chi connectivity index (χ2v) is 5.26. The molecular formula is C16H15F2N5O. The molecule has 0 fully saturated rings. The summed E-state index contributed by atoms with van der Waals surface area (Å²) < 4.78 is 25.5. The van der Waals surface area contributed by atoms with Crippen LogP contribution in [0.2, 0.25) is 0 Å². The van der Waals surface area contributed by atoms with Crippen molar-refractivity contribution < 1.29 is 13.6 Å². The number of carbonyl (C=O) groups excluding carboxylic acids is 1. The summed E-state index contributed by atoms with van der Waals surface area (Å²) in [6, 6.07) is 10.3. The molecule has 2 aromatic heterocycles. The Morgan fingerprint density at radius 1 is 1.25 bits per heavy atom. The van der Waals surface area contributed by atoms with Crippen LogP contribution in [0.5, 0.6) is 0 Å². The molecule has 2 heterocycles. The number of rotatable bonds is 4. The van der Waals surface area contributed by atoms with Crippen LogP contribution in [0.3, 0.4) is 0 Å². The molecule has 1 atom stereocenters. The third-order valence-electron chi connectivity index (χ3n) is 3.57. The van der Waals surface area contributed by atoms with Gasteiger partial charge >= 0.3 is 6.03 Å². The Morgan fingerprint density at radius 3 is 2.71 bits per heavy atom. The molecule has 6 nitrogen and oxygen atoms in total. The number of amides is 2. The minimum Gasteiger partial charge on any atom is -0.331 e. The third-order valence-corrected chi connectivity index (χ3v) is 3.57. The molecule has 8 heteroatoms. The van der Waals surface area contributed by atoms with Crippen LogP contribution in [0.1, 0.15) is 30.6 Å². The number of halogens is 2. The molecule has 1 aromatic carbocycles. The first kappa shape index (κ1) is 15.9. The van der Waals surface area contributed by atoms with E-state index in [1.54, 1.807) is 0 Å². The lowest BCUT2D eigenvalue weighted by atomic mass is 10.1. The molecule has 0 radical (unpaired) electrons. The van der Waals surface area contributed by atoms with Gasteiger partial charge in [0.1, 0.15) is 11.5 Å². The van der Waals surface area contributed by atoms with E-state index in [4.69, 9.17) is 0 Å². The number of aromatic amines is 1. The molecule has 0 aliphatic carbocycles. The van der Waals surface area contributed by atoms with Gasteiger partial charge in [-0.15, -0.1) is 0 Å². The molecule has 0 saturated carbocycles. The average Bonchev–Trinajstić information content (AvgIpc) is 2.99. The minimum atomic E-state index is -2.69. The van der Waals surface area contributed by atoms with Crippen LogP contribution in [0.25, 0.3) is 10.9 Å². The van der Waals surface area contributed by atoms with E-state index in [-0.39, 0.29) is 22.9 Å². The van der Waals surface area contributed by atoms with Gasteiger partial charge in [-0.1, -0.05) is 30.3 Å². The number of fused-ring (bicyclic) bond motifs is 1. The summed E-state index contributed by atoms with van der Waals surface area (Å²) >= 11 is 0. The Bertz CT molecular complexity index is 850. The second-order valence-electron chi connectivity index (χ2n) is 5.26. The van der Waals surface area contributed by atoms with Crippen molar-refractivity contribution in [2.24, 2.45) is 0 Å². The maximum Gasteiger partial charge on any atom is 0.320 e. The first-order valence-electron chi connectivity index (χ1n) is 7.29. The van der Waals surface area contributed by atoms with Crippen LogP contribution < -0.4 is 10.6 Å². The summed E-state index contributed by atoms with van der Waals surface area (Å²) in [4.78, 5) is 16.0. The number of benzene rings is 1. The molecule has 0 aliphatic rings. The van der Waals surface area contributed by atoms with Crippen molar-refractivity contribution in [1.29, 1.82) is 0 Å². The Kier molecular flexibility index (Phi) is 4.37. The van der Waals surface area contributed by atoms with Crippen molar-refractivity contribution in [3.05, 3.63) is 53.9 Å². The molecule has 2 amide bonds. The maximum atomic E-state index is 12.8. The molecule has 3 N–H and O–H groups in total. The second kappa shape index (κ2) is 6.61. The van der Waals surface area contributed by atoms with Crippen LogP contribution >= 0.6 is 0 Å². The number of alkyl halides is 2. The number of pyridine rings is 1. The van der Waals surface area contributed by atoms with E-state index in [1.165, 1.54) is 12.3 Å². The lowest BCUT2D eigenvalue weighted by molar-refractivity contribution is 0.147. The topological polar surface area (TPSA) is 82.7 Å². The summed E-state index contributed by atoms with van der Waals surface area (Å²) in [5.74, 6) is 0.240.